The highest BCUT2D eigenvalue weighted by Crippen LogP contribution is 2.55. The molecule has 14 heteroatoms. The SMILES string of the molecule is COc1cc(O)c2c(c1)C(=O)C1=C(C2=O)[C@@H]([C@@H]2C3=C(C(=O)c4cc(OC)cc(O)c4C3=O)[C@@H](O)[C@](C)(O)[C@@H]2O)[C@@H](O)[C@@](C)(O)[C@@H]1O. The molecule has 0 heterocycles. The van der Waals surface area contributed by atoms with E-state index in [9.17, 15) is 60.0 Å². The molecule has 0 unspecified atom stereocenters. The first-order chi connectivity index (χ1) is 21.4. The third-order valence-electron chi connectivity index (χ3n) is 9.74. The van der Waals surface area contributed by atoms with Crippen LogP contribution in [0.2, 0.25) is 0 Å². The van der Waals surface area contributed by atoms with Crippen LogP contribution in [0.15, 0.2) is 46.6 Å². The number of phenols is 2. The van der Waals surface area contributed by atoms with E-state index >= 15 is 0 Å². The number of fused-ring (bicyclic) bond motifs is 2. The minimum absolute atomic E-state index is 0.0287. The number of carbonyl (C=O) groups excluding carboxylic acids is 4. The van der Waals surface area contributed by atoms with Crippen molar-refractivity contribution in [2.24, 2.45) is 11.8 Å². The largest absolute Gasteiger partial charge is 0.507 e. The Morgan fingerprint density at radius 2 is 0.891 bits per heavy atom. The van der Waals surface area contributed by atoms with Gasteiger partial charge in [0.25, 0.3) is 0 Å². The van der Waals surface area contributed by atoms with Crippen molar-refractivity contribution in [3.05, 3.63) is 68.8 Å². The Morgan fingerprint density at radius 1 is 0.565 bits per heavy atom. The van der Waals surface area contributed by atoms with Crippen LogP contribution in [0.3, 0.4) is 0 Å². The number of ether oxygens (including phenoxy) is 2. The van der Waals surface area contributed by atoms with Gasteiger partial charge < -0.3 is 50.3 Å². The fraction of sp³-hybridized carbons (Fsp3) is 0.375. The Bertz CT molecular complexity index is 1710. The van der Waals surface area contributed by atoms with Crippen LogP contribution in [-0.4, -0.2) is 114 Å². The van der Waals surface area contributed by atoms with Gasteiger partial charge in [0.2, 0.25) is 0 Å². The zero-order valence-corrected chi connectivity index (χ0v) is 24.8. The summed E-state index contributed by atoms with van der Waals surface area (Å²) in [5.74, 6) is -9.92. The van der Waals surface area contributed by atoms with Crippen LogP contribution in [-0.2, 0) is 0 Å². The lowest BCUT2D eigenvalue weighted by Gasteiger charge is -2.53. The quantitative estimate of drug-likeness (QED) is 0.209. The van der Waals surface area contributed by atoms with Crippen LogP contribution in [0.1, 0.15) is 55.3 Å². The molecule has 0 saturated carbocycles. The molecule has 0 saturated heterocycles. The van der Waals surface area contributed by atoms with Crippen LogP contribution in [0.4, 0.5) is 0 Å². The first kappa shape index (κ1) is 31.5. The second-order valence-electron chi connectivity index (χ2n) is 12.3. The Morgan fingerprint density at radius 3 is 1.20 bits per heavy atom. The third kappa shape index (κ3) is 3.85. The number of aliphatic hydroxyl groups is 6. The molecule has 242 valence electrons. The number of rotatable bonds is 3. The predicted octanol–water partition coefficient (Wildman–Crippen LogP) is -0.628. The summed E-state index contributed by atoms with van der Waals surface area (Å²) in [5, 5.41) is 90.1. The number of phenolic OH excluding ortho intramolecular Hbond substituents is 2. The fourth-order valence-corrected chi connectivity index (χ4v) is 7.23. The van der Waals surface area contributed by atoms with Gasteiger partial charge >= 0.3 is 0 Å². The average molecular weight is 639 g/mol. The third-order valence-corrected chi connectivity index (χ3v) is 9.74. The topological polar surface area (TPSA) is 249 Å². The number of methoxy groups -OCH3 is 2. The molecule has 46 heavy (non-hydrogen) atoms. The second-order valence-corrected chi connectivity index (χ2v) is 12.3. The molecule has 0 bridgehead atoms. The van der Waals surface area contributed by atoms with Crippen molar-refractivity contribution in [2.75, 3.05) is 14.2 Å². The highest BCUT2D eigenvalue weighted by atomic mass is 16.5. The fourth-order valence-electron chi connectivity index (χ4n) is 7.23. The maximum Gasteiger partial charge on any atom is 0.194 e. The first-order valence-electron chi connectivity index (χ1n) is 14.1. The summed E-state index contributed by atoms with van der Waals surface area (Å²) in [6.45, 7) is 1.88. The molecule has 0 aliphatic heterocycles. The van der Waals surface area contributed by atoms with Crippen LogP contribution in [0.25, 0.3) is 0 Å². The summed E-state index contributed by atoms with van der Waals surface area (Å²) < 4.78 is 10.2. The number of ketones is 4. The molecule has 2 aromatic rings. The van der Waals surface area contributed by atoms with E-state index in [1.165, 1.54) is 14.2 Å². The maximum absolute atomic E-state index is 14.2. The van der Waals surface area contributed by atoms with Crippen LogP contribution < -0.4 is 9.47 Å². The monoisotopic (exact) mass is 638 g/mol. The number of hydrogen-bond acceptors (Lipinski definition) is 14. The maximum atomic E-state index is 14.2. The van der Waals surface area contributed by atoms with Gasteiger partial charge in [0.05, 0.1) is 37.6 Å². The minimum Gasteiger partial charge on any atom is -0.507 e. The molecule has 4 aliphatic rings. The zero-order chi connectivity index (χ0) is 33.9. The number of benzene rings is 2. The highest BCUT2D eigenvalue weighted by molar-refractivity contribution is 6.30. The number of carbonyl (C=O) groups is 4. The summed E-state index contributed by atoms with van der Waals surface area (Å²) >= 11 is 0. The molecule has 0 amide bonds. The van der Waals surface area contributed by atoms with E-state index in [2.05, 4.69) is 0 Å². The van der Waals surface area contributed by atoms with Crippen molar-refractivity contribution in [2.45, 2.75) is 49.5 Å². The molecule has 0 spiro atoms. The van der Waals surface area contributed by atoms with E-state index in [1.54, 1.807) is 0 Å². The van der Waals surface area contributed by atoms with Crippen molar-refractivity contribution >= 4 is 23.1 Å². The van der Waals surface area contributed by atoms with Crippen molar-refractivity contribution < 1.29 is 69.5 Å². The predicted molar refractivity (Wildman–Crippen MR) is 153 cm³/mol. The minimum atomic E-state index is -2.64. The molecular weight excluding hydrogens is 608 g/mol. The lowest BCUT2D eigenvalue weighted by Crippen LogP contribution is -2.66. The molecule has 6 rings (SSSR count). The standard InChI is InChI=1S/C32H30O14/c1-31(43)27(39)19(17-21(29(31)41)23(35)11-5-9(45-3)7-13(33)15(11)25(17)37)20-18-22(30(42)32(2,44)28(20)40)24(36)12-6-10(46-4)8-14(34)16(12)26(18)38/h5-8,19-20,27-30,33-34,39-44H,1-4H3/t19-,20-,27+,28+,29+,30+,31+,32+/m0/s1. The van der Waals surface area contributed by atoms with Gasteiger partial charge in [-0.05, 0) is 26.0 Å². The van der Waals surface area contributed by atoms with Gasteiger partial charge in [-0.3, -0.25) is 19.2 Å². The van der Waals surface area contributed by atoms with Crippen molar-refractivity contribution in [1.29, 1.82) is 0 Å². The van der Waals surface area contributed by atoms with Crippen molar-refractivity contribution in [3.63, 3.8) is 0 Å². The Balaban J connectivity index is 1.67. The van der Waals surface area contributed by atoms with Crippen LogP contribution in [0, 0.1) is 11.8 Å². The summed E-state index contributed by atoms with van der Waals surface area (Å²) in [4.78, 5) is 56.2. The van der Waals surface area contributed by atoms with Crippen LogP contribution in [0.5, 0.6) is 23.0 Å². The Hall–Kier alpha value is -4.44. The second kappa shape index (κ2) is 10.0. The highest BCUT2D eigenvalue weighted by Gasteiger charge is 2.64. The summed E-state index contributed by atoms with van der Waals surface area (Å²) in [7, 11) is 2.47. The Labute approximate surface area is 260 Å². The van der Waals surface area contributed by atoms with Crippen LogP contribution >= 0.6 is 0 Å². The lowest BCUT2D eigenvalue weighted by molar-refractivity contribution is -0.180. The molecule has 8 atom stereocenters. The van der Waals surface area contributed by atoms with E-state index in [0.29, 0.717) is 0 Å². The van der Waals surface area contributed by atoms with Gasteiger partial charge in [0, 0.05) is 57.4 Å². The van der Waals surface area contributed by atoms with Crippen molar-refractivity contribution in [3.8, 4) is 23.0 Å². The molecule has 0 aromatic heterocycles. The Kier molecular flexibility index (Phi) is 6.88. The number of aliphatic hydroxyl groups excluding tert-OH is 4. The van der Waals surface area contributed by atoms with Gasteiger partial charge in [-0.2, -0.15) is 0 Å². The van der Waals surface area contributed by atoms with Gasteiger partial charge in [-0.15, -0.1) is 0 Å². The number of hydrogen-bond donors (Lipinski definition) is 8. The molecule has 4 aliphatic carbocycles. The van der Waals surface area contributed by atoms with Gasteiger partial charge in [0.1, 0.15) is 46.4 Å². The summed E-state index contributed by atoms with van der Waals surface area (Å²) in [6, 6.07) is 4.31. The molecule has 8 N–H and O–H groups in total. The number of Topliss-reactive ketones (excluding diaryl/α,β-unsaturated/α-hetero) is 4. The van der Waals surface area contributed by atoms with E-state index in [-0.39, 0.29) is 11.5 Å². The van der Waals surface area contributed by atoms with E-state index in [4.69, 9.17) is 9.47 Å². The molecule has 0 radical (unpaired) electrons. The molecule has 2 aromatic carbocycles. The van der Waals surface area contributed by atoms with Gasteiger partial charge in [0.15, 0.2) is 23.1 Å². The van der Waals surface area contributed by atoms with Crippen molar-refractivity contribution in [1.82, 2.24) is 0 Å². The van der Waals surface area contributed by atoms with E-state index in [1.807, 2.05) is 0 Å². The summed E-state index contributed by atoms with van der Waals surface area (Å²) in [6.07, 6.45) is -8.97. The summed E-state index contributed by atoms with van der Waals surface area (Å²) in [5.41, 5.74) is -10.1. The van der Waals surface area contributed by atoms with Gasteiger partial charge in [-0.25, -0.2) is 0 Å². The smallest absolute Gasteiger partial charge is 0.194 e. The van der Waals surface area contributed by atoms with Gasteiger partial charge in [-0.1, -0.05) is 0 Å². The zero-order valence-electron chi connectivity index (χ0n) is 24.8. The average Bonchev–Trinajstić information content (AvgIpc) is 3.00. The van der Waals surface area contributed by atoms with E-state index < -0.39 is 127 Å². The number of aromatic hydroxyl groups is 2. The lowest BCUT2D eigenvalue weighted by atomic mass is 9.54. The molecule has 14 nitrogen and oxygen atoms in total. The van der Waals surface area contributed by atoms with E-state index in [0.717, 1.165) is 38.1 Å². The normalized spacial score (nSPS) is 33.8. The molecular formula is C32H30O14. The molecule has 0 fully saturated rings. The first-order valence-corrected chi connectivity index (χ1v) is 14.1.